The summed E-state index contributed by atoms with van der Waals surface area (Å²) in [5.74, 6) is 1.78. The minimum Gasteiger partial charge on any atom is -0.370 e. The summed E-state index contributed by atoms with van der Waals surface area (Å²) in [6.07, 6.45) is 4.42. The van der Waals surface area contributed by atoms with Gasteiger partial charge < -0.3 is 4.74 Å². The summed E-state index contributed by atoms with van der Waals surface area (Å²) in [7, 11) is 0. The molecule has 0 amide bonds. The zero-order valence-corrected chi connectivity index (χ0v) is 9.58. The van der Waals surface area contributed by atoms with Crippen LogP contribution in [0.5, 0.6) is 0 Å². The second kappa shape index (κ2) is 5.50. The minimum atomic E-state index is 0.219. The van der Waals surface area contributed by atoms with E-state index in [9.17, 15) is 4.79 Å². The predicted octanol–water partition coefficient (Wildman–Crippen LogP) is 2.81. The van der Waals surface area contributed by atoms with Crippen LogP contribution in [0.1, 0.15) is 46.5 Å². The van der Waals surface area contributed by atoms with Crippen LogP contribution in [0, 0.1) is 11.8 Å². The first-order valence-corrected chi connectivity index (χ1v) is 5.76. The van der Waals surface area contributed by atoms with Gasteiger partial charge in [0.15, 0.2) is 5.78 Å². The van der Waals surface area contributed by atoms with E-state index >= 15 is 0 Å². The van der Waals surface area contributed by atoms with Crippen molar-refractivity contribution in [2.45, 2.75) is 52.6 Å². The number of hydrogen-bond donors (Lipinski definition) is 0. The average molecular weight is 198 g/mol. The third-order valence-electron chi connectivity index (χ3n) is 3.42. The van der Waals surface area contributed by atoms with E-state index in [1.807, 2.05) is 6.92 Å². The van der Waals surface area contributed by atoms with Crippen molar-refractivity contribution in [1.82, 2.24) is 0 Å². The molecule has 0 aromatic rings. The zero-order valence-electron chi connectivity index (χ0n) is 9.58. The van der Waals surface area contributed by atoms with Gasteiger partial charge in [-0.05, 0) is 31.1 Å². The molecule has 0 aliphatic heterocycles. The van der Waals surface area contributed by atoms with Gasteiger partial charge in [-0.15, -0.1) is 0 Å². The smallest absolute Gasteiger partial charge is 0.158 e. The van der Waals surface area contributed by atoms with Crippen LogP contribution in [0.15, 0.2) is 0 Å². The molecule has 0 bridgehead atoms. The van der Waals surface area contributed by atoms with E-state index in [2.05, 4.69) is 13.8 Å². The third kappa shape index (κ3) is 3.41. The Labute approximate surface area is 87.0 Å². The van der Waals surface area contributed by atoms with Gasteiger partial charge in [-0.2, -0.15) is 0 Å². The summed E-state index contributed by atoms with van der Waals surface area (Å²) in [6, 6.07) is 0. The van der Waals surface area contributed by atoms with Crippen LogP contribution in [0.2, 0.25) is 0 Å². The van der Waals surface area contributed by atoms with Crippen molar-refractivity contribution >= 4 is 5.78 Å². The lowest BCUT2D eigenvalue weighted by molar-refractivity contribution is -0.126. The van der Waals surface area contributed by atoms with Gasteiger partial charge in [0.05, 0.1) is 6.10 Å². The normalized spacial score (nSPS) is 32.9. The number of Topliss-reactive ketones (excluding diaryl/α,β-unsaturated/α-hetero) is 1. The average Bonchev–Trinajstić information content (AvgIpc) is 2.19. The van der Waals surface area contributed by atoms with Crippen molar-refractivity contribution in [2.75, 3.05) is 6.61 Å². The SMILES string of the molecule is CCC(=O)COC1CCC(C)C(C)C1. The van der Waals surface area contributed by atoms with Gasteiger partial charge in [0.25, 0.3) is 0 Å². The Morgan fingerprint density at radius 2 is 2.00 bits per heavy atom. The maximum atomic E-state index is 11.1. The van der Waals surface area contributed by atoms with E-state index in [0.29, 0.717) is 19.1 Å². The van der Waals surface area contributed by atoms with E-state index in [1.165, 1.54) is 6.42 Å². The van der Waals surface area contributed by atoms with Gasteiger partial charge in [-0.25, -0.2) is 0 Å². The molecule has 2 heteroatoms. The fraction of sp³-hybridized carbons (Fsp3) is 0.917. The Morgan fingerprint density at radius 3 is 2.57 bits per heavy atom. The number of carbonyl (C=O) groups excluding carboxylic acids is 1. The molecule has 3 atom stereocenters. The van der Waals surface area contributed by atoms with Gasteiger partial charge >= 0.3 is 0 Å². The Kier molecular flexibility index (Phi) is 4.59. The van der Waals surface area contributed by atoms with Crippen LogP contribution >= 0.6 is 0 Å². The van der Waals surface area contributed by atoms with Gasteiger partial charge in [-0.3, -0.25) is 4.79 Å². The Balaban J connectivity index is 2.23. The third-order valence-corrected chi connectivity index (χ3v) is 3.42. The standard InChI is InChI=1S/C12H22O2/c1-4-11(13)8-14-12-6-5-9(2)10(3)7-12/h9-10,12H,4-8H2,1-3H3. The van der Waals surface area contributed by atoms with E-state index < -0.39 is 0 Å². The number of carbonyl (C=O) groups is 1. The Morgan fingerprint density at radius 1 is 1.29 bits per heavy atom. The first-order valence-electron chi connectivity index (χ1n) is 5.76. The fourth-order valence-electron chi connectivity index (χ4n) is 1.96. The van der Waals surface area contributed by atoms with Crippen LogP contribution in [-0.4, -0.2) is 18.5 Å². The summed E-state index contributed by atoms with van der Waals surface area (Å²) >= 11 is 0. The molecule has 0 spiro atoms. The zero-order chi connectivity index (χ0) is 10.6. The number of ether oxygens (including phenoxy) is 1. The van der Waals surface area contributed by atoms with Crippen LogP contribution in [0.25, 0.3) is 0 Å². The van der Waals surface area contributed by atoms with Crippen molar-refractivity contribution in [2.24, 2.45) is 11.8 Å². The molecule has 0 aromatic carbocycles. The highest BCUT2D eigenvalue weighted by atomic mass is 16.5. The van der Waals surface area contributed by atoms with Gasteiger partial charge in [0.1, 0.15) is 6.61 Å². The van der Waals surface area contributed by atoms with Gasteiger partial charge in [0, 0.05) is 6.42 Å². The molecule has 1 saturated carbocycles. The molecule has 0 radical (unpaired) electrons. The highest BCUT2D eigenvalue weighted by molar-refractivity contribution is 5.79. The molecule has 0 N–H and O–H groups in total. The van der Waals surface area contributed by atoms with Crippen molar-refractivity contribution < 1.29 is 9.53 Å². The Bertz CT molecular complexity index is 189. The quantitative estimate of drug-likeness (QED) is 0.694. The molecule has 1 aliphatic rings. The first kappa shape index (κ1) is 11.7. The molecule has 14 heavy (non-hydrogen) atoms. The highest BCUT2D eigenvalue weighted by Gasteiger charge is 2.25. The van der Waals surface area contributed by atoms with Crippen LogP contribution in [0.4, 0.5) is 0 Å². The molecule has 0 aromatic heterocycles. The highest BCUT2D eigenvalue weighted by Crippen LogP contribution is 2.30. The van der Waals surface area contributed by atoms with Crippen LogP contribution < -0.4 is 0 Å². The van der Waals surface area contributed by atoms with Crippen molar-refractivity contribution in [3.63, 3.8) is 0 Å². The van der Waals surface area contributed by atoms with Crippen LogP contribution in [-0.2, 0) is 9.53 Å². The lowest BCUT2D eigenvalue weighted by Crippen LogP contribution is -2.28. The molecule has 0 heterocycles. The molecule has 82 valence electrons. The molecule has 3 unspecified atom stereocenters. The summed E-state index contributed by atoms with van der Waals surface area (Å²) in [5, 5.41) is 0. The molecular formula is C12H22O2. The van der Waals surface area contributed by atoms with Crippen LogP contribution in [0.3, 0.4) is 0 Å². The Hall–Kier alpha value is -0.370. The first-order chi connectivity index (χ1) is 6.63. The predicted molar refractivity (Wildman–Crippen MR) is 57.2 cm³/mol. The molecule has 1 rings (SSSR count). The topological polar surface area (TPSA) is 26.3 Å². The van der Waals surface area contributed by atoms with E-state index in [1.54, 1.807) is 0 Å². The van der Waals surface area contributed by atoms with Gasteiger partial charge in [0.2, 0.25) is 0 Å². The second-order valence-corrected chi connectivity index (χ2v) is 4.59. The maximum absolute atomic E-state index is 11.1. The lowest BCUT2D eigenvalue weighted by Gasteiger charge is -2.31. The summed E-state index contributed by atoms with van der Waals surface area (Å²) < 4.78 is 5.60. The molecular weight excluding hydrogens is 176 g/mol. The minimum absolute atomic E-state index is 0.219. The lowest BCUT2D eigenvalue weighted by atomic mass is 9.80. The van der Waals surface area contributed by atoms with Gasteiger partial charge in [-0.1, -0.05) is 20.8 Å². The van der Waals surface area contributed by atoms with E-state index in [4.69, 9.17) is 4.74 Å². The summed E-state index contributed by atoms with van der Waals surface area (Å²) in [6.45, 7) is 6.79. The molecule has 1 fully saturated rings. The number of ketones is 1. The summed E-state index contributed by atoms with van der Waals surface area (Å²) in [5.41, 5.74) is 0. The molecule has 2 nitrogen and oxygen atoms in total. The van der Waals surface area contributed by atoms with Crippen molar-refractivity contribution in [1.29, 1.82) is 0 Å². The molecule has 1 aliphatic carbocycles. The monoisotopic (exact) mass is 198 g/mol. The number of rotatable bonds is 4. The van der Waals surface area contributed by atoms with Crippen molar-refractivity contribution in [3.05, 3.63) is 0 Å². The molecule has 0 saturated heterocycles. The van der Waals surface area contributed by atoms with E-state index in [0.717, 1.165) is 24.7 Å². The largest absolute Gasteiger partial charge is 0.370 e. The fourth-order valence-corrected chi connectivity index (χ4v) is 1.96. The van der Waals surface area contributed by atoms with Crippen molar-refractivity contribution in [3.8, 4) is 0 Å². The van der Waals surface area contributed by atoms with E-state index in [-0.39, 0.29) is 5.78 Å². The number of hydrogen-bond acceptors (Lipinski definition) is 2. The summed E-state index contributed by atoms with van der Waals surface area (Å²) in [4.78, 5) is 11.1. The second-order valence-electron chi connectivity index (χ2n) is 4.59. The maximum Gasteiger partial charge on any atom is 0.158 e.